The predicted octanol–water partition coefficient (Wildman–Crippen LogP) is 2.37. The molecule has 1 heterocycles. The maximum Gasteiger partial charge on any atom is 0.240 e. The highest BCUT2D eigenvalue weighted by molar-refractivity contribution is 7.89. The first-order chi connectivity index (χ1) is 9.43. The third kappa shape index (κ3) is 2.44. The smallest absolute Gasteiger partial charge is 0.240 e. The van der Waals surface area contributed by atoms with E-state index in [0.717, 1.165) is 31.5 Å². The molecule has 1 fully saturated rings. The molecule has 0 spiro atoms. The van der Waals surface area contributed by atoms with Crippen LogP contribution in [0.3, 0.4) is 0 Å². The summed E-state index contributed by atoms with van der Waals surface area (Å²) in [6.07, 6.45) is 3.22. The van der Waals surface area contributed by atoms with E-state index in [2.05, 4.69) is 23.9 Å². The fourth-order valence-corrected chi connectivity index (χ4v) is 4.04. The zero-order valence-electron chi connectivity index (χ0n) is 12.1. The lowest BCUT2D eigenvalue weighted by Gasteiger charge is -2.20. The minimum Gasteiger partial charge on any atom is -0.384 e. The summed E-state index contributed by atoms with van der Waals surface area (Å²) >= 11 is 0. The van der Waals surface area contributed by atoms with Crippen LogP contribution in [0.4, 0.5) is 5.69 Å². The molecule has 0 saturated heterocycles. The molecule has 20 heavy (non-hydrogen) atoms. The lowest BCUT2D eigenvalue weighted by molar-refractivity contribution is 0.357. The van der Waals surface area contributed by atoms with Gasteiger partial charge in [-0.25, -0.2) is 13.1 Å². The van der Waals surface area contributed by atoms with Crippen LogP contribution in [0.2, 0.25) is 0 Å². The van der Waals surface area contributed by atoms with Gasteiger partial charge in [0.25, 0.3) is 0 Å². The van der Waals surface area contributed by atoms with E-state index in [1.165, 1.54) is 5.56 Å². The number of nitrogens with one attached hydrogen (secondary N) is 2. The molecule has 1 saturated carbocycles. The van der Waals surface area contributed by atoms with Gasteiger partial charge in [0.2, 0.25) is 10.0 Å². The van der Waals surface area contributed by atoms with Gasteiger partial charge in [0.1, 0.15) is 0 Å². The molecule has 0 bridgehead atoms. The van der Waals surface area contributed by atoms with E-state index in [4.69, 9.17) is 0 Å². The predicted molar refractivity (Wildman–Crippen MR) is 80.3 cm³/mol. The van der Waals surface area contributed by atoms with E-state index in [-0.39, 0.29) is 5.41 Å². The van der Waals surface area contributed by atoms with Crippen LogP contribution in [-0.4, -0.2) is 21.5 Å². The quantitative estimate of drug-likeness (QED) is 0.876. The Morgan fingerprint density at radius 2 is 2.10 bits per heavy atom. The van der Waals surface area contributed by atoms with Gasteiger partial charge >= 0.3 is 0 Å². The molecule has 2 aliphatic rings. The van der Waals surface area contributed by atoms with E-state index in [0.29, 0.717) is 17.4 Å². The van der Waals surface area contributed by atoms with E-state index in [9.17, 15) is 8.42 Å². The number of rotatable bonds is 5. The second-order valence-corrected chi connectivity index (χ2v) is 8.10. The van der Waals surface area contributed by atoms with Crippen molar-refractivity contribution in [2.24, 2.45) is 11.3 Å². The molecule has 1 aliphatic heterocycles. The second-order valence-electron chi connectivity index (χ2n) is 6.34. The van der Waals surface area contributed by atoms with Gasteiger partial charge in [0.05, 0.1) is 4.90 Å². The highest BCUT2D eigenvalue weighted by Gasteiger charge is 2.45. The number of fused-ring (bicyclic) bond motifs is 1. The molecule has 0 unspecified atom stereocenters. The van der Waals surface area contributed by atoms with Gasteiger partial charge in [-0.05, 0) is 48.3 Å². The van der Waals surface area contributed by atoms with E-state index >= 15 is 0 Å². The zero-order chi connectivity index (χ0) is 14.4. The van der Waals surface area contributed by atoms with Gasteiger partial charge in [-0.1, -0.05) is 19.9 Å². The first-order valence-corrected chi connectivity index (χ1v) is 8.78. The number of sulfonamides is 1. The first kappa shape index (κ1) is 13.9. The fourth-order valence-electron chi connectivity index (χ4n) is 2.88. The van der Waals surface area contributed by atoms with Crippen molar-refractivity contribution in [3.8, 4) is 0 Å². The van der Waals surface area contributed by atoms with Gasteiger partial charge in [-0.3, -0.25) is 0 Å². The molecule has 0 amide bonds. The lowest BCUT2D eigenvalue weighted by atomic mass is 9.93. The largest absolute Gasteiger partial charge is 0.384 e. The Morgan fingerprint density at radius 3 is 2.75 bits per heavy atom. The van der Waals surface area contributed by atoms with Crippen molar-refractivity contribution in [2.45, 2.75) is 38.0 Å². The Hall–Kier alpha value is -1.07. The second kappa shape index (κ2) is 4.74. The fraction of sp³-hybridized carbons (Fsp3) is 0.600. The Labute approximate surface area is 121 Å². The highest BCUT2D eigenvalue weighted by atomic mass is 32.2. The number of benzene rings is 1. The van der Waals surface area contributed by atoms with Crippen LogP contribution in [0.15, 0.2) is 23.1 Å². The molecule has 5 heteroatoms. The Balaban J connectivity index is 1.75. The van der Waals surface area contributed by atoms with E-state index in [1.807, 2.05) is 6.07 Å². The van der Waals surface area contributed by atoms with Crippen LogP contribution >= 0.6 is 0 Å². The molecule has 2 N–H and O–H groups in total. The van der Waals surface area contributed by atoms with Crippen LogP contribution in [0.1, 0.15) is 32.3 Å². The van der Waals surface area contributed by atoms with Crippen molar-refractivity contribution in [3.05, 3.63) is 23.8 Å². The monoisotopic (exact) mass is 294 g/mol. The Bertz CT molecular complexity index is 619. The van der Waals surface area contributed by atoms with Crippen LogP contribution in [-0.2, 0) is 16.4 Å². The van der Waals surface area contributed by atoms with Crippen molar-refractivity contribution in [1.29, 1.82) is 0 Å². The zero-order valence-corrected chi connectivity index (χ0v) is 12.9. The summed E-state index contributed by atoms with van der Waals surface area (Å²) in [7, 11) is -3.40. The first-order valence-electron chi connectivity index (χ1n) is 7.29. The molecule has 4 nitrogen and oxygen atoms in total. The maximum atomic E-state index is 12.4. The Kier molecular flexibility index (Phi) is 3.29. The minimum absolute atomic E-state index is 0.183. The number of hydrogen-bond acceptors (Lipinski definition) is 3. The standard InChI is InChI=1S/C15H22N2O2S/c1-11(2)15(6-7-15)10-17-20(18,19)13-4-3-12-5-8-16-14(12)9-13/h3-4,9,11,16-17H,5-8,10H2,1-2H3. The molecular formula is C15H22N2O2S. The van der Waals surface area contributed by atoms with Crippen LogP contribution in [0.25, 0.3) is 0 Å². The van der Waals surface area contributed by atoms with Gasteiger partial charge in [-0.2, -0.15) is 0 Å². The summed E-state index contributed by atoms with van der Waals surface area (Å²) in [4.78, 5) is 0.366. The summed E-state index contributed by atoms with van der Waals surface area (Å²) in [6, 6.07) is 5.38. The van der Waals surface area contributed by atoms with Gasteiger partial charge in [-0.15, -0.1) is 0 Å². The topological polar surface area (TPSA) is 58.2 Å². The van der Waals surface area contributed by atoms with Crippen LogP contribution in [0, 0.1) is 11.3 Å². The number of anilines is 1. The molecule has 1 aromatic carbocycles. The number of hydrogen-bond donors (Lipinski definition) is 2. The summed E-state index contributed by atoms with van der Waals surface area (Å²) in [6.45, 7) is 5.78. The lowest BCUT2D eigenvalue weighted by Crippen LogP contribution is -2.32. The normalized spacial score (nSPS) is 19.8. The summed E-state index contributed by atoms with van der Waals surface area (Å²) < 4.78 is 27.6. The van der Waals surface area contributed by atoms with Gasteiger partial charge in [0, 0.05) is 18.8 Å². The summed E-state index contributed by atoms with van der Waals surface area (Å²) in [5.74, 6) is 0.520. The maximum absolute atomic E-state index is 12.4. The van der Waals surface area contributed by atoms with Crippen molar-refractivity contribution in [1.82, 2.24) is 4.72 Å². The molecule has 0 atom stereocenters. The summed E-state index contributed by atoms with van der Waals surface area (Å²) in [5.41, 5.74) is 2.34. The van der Waals surface area contributed by atoms with Crippen molar-refractivity contribution in [2.75, 3.05) is 18.4 Å². The van der Waals surface area contributed by atoms with Crippen molar-refractivity contribution >= 4 is 15.7 Å². The van der Waals surface area contributed by atoms with E-state index in [1.54, 1.807) is 12.1 Å². The highest BCUT2D eigenvalue weighted by Crippen LogP contribution is 2.51. The third-order valence-electron chi connectivity index (χ3n) is 4.83. The molecular weight excluding hydrogens is 272 g/mol. The minimum atomic E-state index is -3.40. The molecule has 0 radical (unpaired) electrons. The summed E-state index contributed by atoms with van der Waals surface area (Å²) in [5, 5.41) is 3.22. The average Bonchev–Trinajstić information content (AvgIpc) is 3.07. The van der Waals surface area contributed by atoms with Crippen LogP contribution < -0.4 is 10.0 Å². The molecule has 3 rings (SSSR count). The van der Waals surface area contributed by atoms with Crippen molar-refractivity contribution < 1.29 is 8.42 Å². The van der Waals surface area contributed by atoms with Crippen molar-refractivity contribution in [3.63, 3.8) is 0 Å². The third-order valence-corrected chi connectivity index (χ3v) is 6.23. The Morgan fingerprint density at radius 1 is 1.35 bits per heavy atom. The molecule has 1 aromatic rings. The van der Waals surface area contributed by atoms with E-state index < -0.39 is 10.0 Å². The van der Waals surface area contributed by atoms with Crippen LogP contribution in [0.5, 0.6) is 0 Å². The molecule has 0 aromatic heterocycles. The average molecular weight is 294 g/mol. The molecule has 110 valence electrons. The SMILES string of the molecule is CC(C)C1(CNS(=O)(=O)c2ccc3c(c2)NCC3)CC1. The van der Waals surface area contributed by atoms with Gasteiger partial charge < -0.3 is 5.32 Å². The molecule has 1 aliphatic carbocycles. The van der Waals surface area contributed by atoms with Gasteiger partial charge in [0.15, 0.2) is 0 Å².